The third-order valence-electron chi connectivity index (χ3n) is 2.79. The first-order valence-corrected chi connectivity index (χ1v) is 8.71. The molecule has 0 aliphatic rings. The summed E-state index contributed by atoms with van der Waals surface area (Å²) in [5.41, 5.74) is 2.99. The molecule has 1 rings (SSSR count). The highest BCUT2D eigenvalue weighted by Gasteiger charge is 2.28. The van der Waals surface area contributed by atoms with E-state index in [4.69, 9.17) is 0 Å². The predicted octanol–water partition coefficient (Wildman–Crippen LogP) is 2.95. The van der Waals surface area contributed by atoms with Crippen LogP contribution in [-0.2, 0) is 0 Å². The molecule has 0 saturated carbocycles. The summed E-state index contributed by atoms with van der Waals surface area (Å²) in [5, 5.41) is 9.47. The van der Waals surface area contributed by atoms with Crippen molar-refractivity contribution in [3.63, 3.8) is 0 Å². The van der Waals surface area contributed by atoms with Gasteiger partial charge in [0.2, 0.25) is 0 Å². The van der Waals surface area contributed by atoms with Gasteiger partial charge in [-0.1, -0.05) is 43.9 Å². The molecule has 0 aromatic heterocycles. The fourth-order valence-electron chi connectivity index (χ4n) is 1.82. The third kappa shape index (κ3) is 2.46. The Hall–Kier alpha value is -0.603. The summed E-state index contributed by atoms with van der Waals surface area (Å²) in [5.74, 6) is 0. The topological polar surface area (TPSA) is 20.2 Å². The molecule has 0 bridgehead atoms. The number of benzene rings is 1. The minimum atomic E-state index is -1.31. The summed E-state index contributed by atoms with van der Waals surface area (Å²) in [7, 11) is -1.31. The van der Waals surface area contributed by atoms with Crippen LogP contribution in [0.3, 0.4) is 0 Å². The molecule has 1 aromatic carbocycles. The van der Waals surface area contributed by atoms with E-state index < -0.39 is 8.07 Å². The van der Waals surface area contributed by atoms with Crippen LogP contribution in [-0.4, -0.2) is 19.8 Å². The second kappa shape index (κ2) is 4.28. The summed E-state index contributed by atoms with van der Waals surface area (Å²) in [6.07, 6.45) is 0. The molecule has 0 aliphatic heterocycles. The maximum atomic E-state index is 9.47. The molecular formula is C12H20OSi. The van der Waals surface area contributed by atoms with Crippen LogP contribution in [0.4, 0.5) is 0 Å². The van der Waals surface area contributed by atoms with Gasteiger partial charge in [-0.3, -0.25) is 0 Å². The van der Waals surface area contributed by atoms with Crippen molar-refractivity contribution < 1.29 is 5.11 Å². The van der Waals surface area contributed by atoms with Gasteiger partial charge in [0.25, 0.3) is 0 Å². The van der Waals surface area contributed by atoms with Crippen molar-refractivity contribution in [1.29, 1.82) is 0 Å². The molecule has 0 heterocycles. The highest BCUT2D eigenvalue weighted by molar-refractivity contribution is 6.77. The van der Waals surface area contributed by atoms with Crippen molar-refractivity contribution in [3.8, 4) is 0 Å². The highest BCUT2D eigenvalue weighted by atomic mass is 28.3. The van der Waals surface area contributed by atoms with Crippen molar-refractivity contribution in [2.24, 2.45) is 0 Å². The molecule has 0 radical (unpaired) electrons. The first-order chi connectivity index (χ1) is 6.46. The van der Waals surface area contributed by atoms with Crippen molar-refractivity contribution in [2.45, 2.75) is 32.1 Å². The first-order valence-electron chi connectivity index (χ1n) is 5.13. The van der Waals surface area contributed by atoms with Crippen molar-refractivity contribution >= 4 is 8.07 Å². The van der Waals surface area contributed by atoms with E-state index in [1.54, 1.807) is 0 Å². The van der Waals surface area contributed by atoms with Gasteiger partial charge in [-0.2, -0.15) is 0 Å². The lowest BCUT2D eigenvalue weighted by molar-refractivity contribution is 0.290. The van der Waals surface area contributed by atoms with Crippen LogP contribution in [0.2, 0.25) is 19.6 Å². The third-order valence-corrected chi connectivity index (χ3v) is 5.38. The van der Waals surface area contributed by atoms with Gasteiger partial charge in [0.15, 0.2) is 0 Å². The van der Waals surface area contributed by atoms with E-state index in [1.165, 1.54) is 11.1 Å². The van der Waals surface area contributed by atoms with Crippen molar-refractivity contribution in [3.05, 3.63) is 35.4 Å². The average Bonchev–Trinajstić information content (AvgIpc) is 2.07. The van der Waals surface area contributed by atoms with Gasteiger partial charge in [0.1, 0.15) is 0 Å². The Bertz CT molecular complexity index is 301. The van der Waals surface area contributed by atoms with E-state index >= 15 is 0 Å². The van der Waals surface area contributed by atoms with Crippen LogP contribution in [0.1, 0.15) is 16.7 Å². The normalized spacial score (nSPS) is 14.1. The summed E-state index contributed by atoms with van der Waals surface area (Å²) in [6, 6.07) is 8.38. The maximum Gasteiger partial charge on any atom is 0.0551 e. The van der Waals surface area contributed by atoms with E-state index in [0.717, 1.165) is 0 Å². The average molecular weight is 208 g/mol. The molecule has 0 spiro atoms. The molecule has 14 heavy (non-hydrogen) atoms. The van der Waals surface area contributed by atoms with E-state index in [2.05, 4.69) is 50.8 Å². The summed E-state index contributed by atoms with van der Waals surface area (Å²) in [6.45, 7) is 9.32. The Kier molecular flexibility index (Phi) is 3.51. The Morgan fingerprint density at radius 1 is 1.21 bits per heavy atom. The molecule has 1 unspecified atom stereocenters. The molecule has 1 nitrogen and oxygen atoms in total. The van der Waals surface area contributed by atoms with Gasteiger partial charge >= 0.3 is 0 Å². The number of hydrogen-bond donors (Lipinski definition) is 1. The molecule has 78 valence electrons. The second-order valence-corrected chi connectivity index (χ2v) is 10.4. The maximum absolute atomic E-state index is 9.47. The first kappa shape index (κ1) is 11.5. The number of rotatable bonds is 3. The Balaban J connectivity index is 3.08. The zero-order valence-electron chi connectivity index (χ0n) is 9.54. The van der Waals surface area contributed by atoms with Crippen LogP contribution in [0.5, 0.6) is 0 Å². The van der Waals surface area contributed by atoms with Crippen LogP contribution < -0.4 is 0 Å². The van der Waals surface area contributed by atoms with Crippen molar-refractivity contribution in [2.75, 3.05) is 6.61 Å². The van der Waals surface area contributed by atoms with Gasteiger partial charge in [0.05, 0.1) is 8.07 Å². The monoisotopic (exact) mass is 208 g/mol. The van der Waals surface area contributed by atoms with Gasteiger partial charge in [-0.25, -0.2) is 0 Å². The largest absolute Gasteiger partial charge is 0.396 e. The molecule has 0 aliphatic carbocycles. The summed E-state index contributed by atoms with van der Waals surface area (Å²) >= 11 is 0. The number of aliphatic hydroxyl groups is 1. The minimum absolute atomic E-state index is 0.278. The molecule has 1 atom stereocenters. The minimum Gasteiger partial charge on any atom is -0.396 e. The quantitative estimate of drug-likeness (QED) is 0.757. The molecule has 0 saturated heterocycles. The lowest BCUT2D eigenvalue weighted by atomic mass is 10.1. The van der Waals surface area contributed by atoms with E-state index in [0.29, 0.717) is 5.54 Å². The fraction of sp³-hybridized carbons (Fsp3) is 0.500. The van der Waals surface area contributed by atoms with E-state index in [1.807, 2.05) is 0 Å². The molecule has 2 heteroatoms. The smallest absolute Gasteiger partial charge is 0.0551 e. The Morgan fingerprint density at radius 2 is 1.79 bits per heavy atom. The van der Waals surface area contributed by atoms with Gasteiger partial charge in [-0.05, 0) is 18.1 Å². The highest BCUT2D eigenvalue weighted by Crippen LogP contribution is 2.28. The predicted molar refractivity (Wildman–Crippen MR) is 64.4 cm³/mol. The summed E-state index contributed by atoms with van der Waals surface area (Å²) in [4.78, 5) is 0. The zero-order valence-corrected chi connectivity index (χ0v) is 10.5. The van der Waals surface area contributed by atoms with Crippen LogP contribution in [0, 0.1) is 6.92 Å². The van der Waals surface area contributed by atoms with Crippen LogP contribution >= 0.6 is 0 Å². The number of hydrogen-bond acceptors (Lipinski definition) is 1. The van der Waals surface area contributed by atoms with E-state index in [-0.39, 0.29) is 6.61 Å². The van der Waals surface area contributed by atoms with Crippen LogP contribution in [0.15, 0.2) is 24.3 Å². The molecular weight excluding hydrogens is 188 g/mol. The van der Waals surface area contributed by atoms with Gasteiger partial charge in [0, 0.05) is 12.1 Å². The summed E-state index contributed by atoms with van der Waals surface area (Å²) < 4.78 is 0. The lowest BCUT2D eigenvalue weighted by Crippen LogP contribution is -2.33. The zero-order chi connectivity index (χ0) is 10.8. The fourth-order valence-corrected chi connectivity index (χ4v) is 3.62. The van der Waals surface area contributed by atoms with Crippen LogP contribution in [0.25, 0.3) is 0 Å². The Morgan fingerprint density at radius 3 is 2.21 bits per heavy atom. The SMILES string of the molecule is Cc1ccccc1C(CO)[Si](C)(C)C. The van der Waals surface area contributed by atoms with E-state index in [9.17, 15) is 5.11 Å². The molecule has 0 fully saturated rings. The lowest BCUT2D eigenvalue weighted by Gasteiger charge is -2.28. The van der Waals surface area contributed by atoms with Gasteiger partial charge in [-0.15, -0.1) is 0 Å². The van der Waals surface area contributed by atoms with Crippen molar-refractivity contribution in [1.82, 2.24) is 0 Å². The molecule has 1 N–H and O–H groups in total. The molecule has 0 amide bonds. The Labute approximate surface area is 87.8 Å². The standard InChI is InChI=1S/C12H20OSi/c1-10-7-5-6-8-11(10)12(9-13)14(2,3)4/h5-8,12-13H,9H2,1-4H3. The second-order valence-electron chi connectivity index (χ2n) is 4.96. The number of aryl methyl sites for hydroxylation is 1. The number of aliphatic hydroxyl groups excluding tert-OH is 1. The molecule has 1 aromatic rings. The van der Waals surface area contributed by atoms with Gasteiger partial charge < -0.3 is 5.11 Å².